The van der Waals surface area contributed by atoms with E-state index in [-0.39, 0.29) is 11.9 Å². The Hall–Kier alpha value is -0.610. The number of hydrogen-bond acceptors (Lipinski definition) is 3. The van der Waals surface area contributed by atoms with Gasteiger partial charge in [-0.2, -0.15) is 0 Å². The summed E-state index contributed by atoms with van der Waals surface area (Å²) < 4.78 is 5.39. The van der Waals surface area contributed by atoms with Crippen LogP contribution in [0.4, 0.5) is 0 Å². The van der Waals surface area contributed by atoms with E-state index in [0.29, 0.717) is 12.1 Å². The van der Waals surface area contributed by atoms with Gasteiger partial charge >= 0.3 is 0 Å². The van der Waals surface area contributed by atoms with Gasteiger partial charge in [0.25, 0.3) is 0 Å². The molecule has 0 saturated heterocycles. The zero-order chi connectivity index (χ0) is 9.84. The number of nitrogens with two attached hydrogens (primary N) is 1. The topological polar surface area (TPSA) is 64.3 Å². The zero-order valence-corrected chi connectivity index (χ0v) is 8.25. The summed E-state index contributed by atoms with van der Waals surface area (Å²) in [5.41, 5.74) is 5.12. The molecule has 0 spiro atoms. The number of primary amides is 1. The highest BCUT2D eigenvalue weighted by Crippen LogP contribution is 2.23. The smallest absolute Gasteiger partial charge is 0.234 e. The first-order valence-corrected chi connectivity index (χ1v) is 4.80. The zero-order valence-electron chi connectivity index (χ0n) is 8.25. The summed E-state index contributed by atoms with van der Waals surface area (Å²) in [7, 11) is 0. The van der Waals surface area contributed by atoms with Gasteiger partial charge in [-0.05, 0) is 26.7 Å². The minimum absolute atomic E-state index is 0.229. The molecule has 1 saturated carbocycles. The van der Waals surface area contributed by atoms with Crippen molar-refractivity contribution in [2.45, 2.75) is 44.9 Å². The summed E-state index contributed by atoms with van der Waals surface area (Å²) in [6.07, 6.45) is 2.36. The molecule has 0 aromatic rings. The summed E-state index contributed by atoms with van der Waals surface area (Å²) in [4.78, 5) is 10.7. The SMILES string of the molecule is CCOC1CC(NC(C)C(N)=O)C1. The normalized spacial score (nSPS) is 29.4. The molecule has 76 valence electrons. The van der Waals surface area contributed by atoms with E-state index >= 15 is 0 Å². The van der Waals surface area contributed by atoms with Gasteiger partial charge in [0.2, 0.25) is 5.91 Å². The Morgan fingerprint density at radius 2 is 2.31 bits per heavy atom. The van der Waals surface area contributed by atoms with Crippen LogP contribution in [0.25, 0.3) is 0 Å². The maximum absolute atomic E-state index is 10.7. The first-order valence-electron chi connectivity index (χ1n) is 4.80. The summed E-state index contributed by atoms with van der Waals surface area (Å²) >= 11 is 0. The molecule has 0 bridgehead atoms. The van der Waals surface area contributed by atoms with Crippen molar-refractivity contribution in [2.24, 2.45) is 5.73 Å². The van der Waals surface area contributed by atoms with E-state index in [2.05, 4.69) is 5.32 Å². The number of hydrogen-bond donors (Lipinski definition) is 2. The molecule has 1 aliphatic rings. The van der Waals surface area contributed by atoms with Crippen molar-refractivity contribution in [1.29, 1.82) is 0 Å². The Morgan fingerprint density at radius 3 is 2.77 bits per heavy atom. The molecule has 0 aromatic heterocycles. The van der Waals surface area contributed by atoms with E-state index in [1.807, 2.05) is 6.92 Å². The lowest BCUT2D eigenvalue weighted by molar-refractivity contribution is -0.120. The molecule has 4 heteroatoms. The molecular weight excluding hydrogens is 168 g/mol. The molecule has 1 fully saturated rings. The van der Waals surface area contributed by atoms with Crippen LogP contribution in [0.15, 0.2) is 0 Å². The van der Waals surface area contributed by atoms with Gasteiger partial charge in [-0.3, -0.25) is 4.79 Å². The van der Waals surface area contributed by atoms with Crippen LogP contribution in [0.5, 0.6) is 0 Å². The number of nitrogens with one attached hydrogen (secondary N) is 1. The Balaban J connectivity index is 2.11. The van der Waals surface area contributed by atoms with E-state index in [1.54, 1.807) is 6.92 Å². The van der Waals surface area contributed by atoms with Crippen molar-refractivity contribution >= 4 is 5.91 Å². The van der Waals surface area contributed by atoms with Crippen LogP contribution in [-0.4, -0.2) is 30.7 Å². The number of carbonyl (C=O) groups excluding carboxylic acids is 1. The van der Waals surface area contributed by atoms with E-state index in [4.69, 9.17) is 10.5 Å². The van der Waals surface area contributed by atoms with Gasteiger partial charge in [-0.1, -0.05) is 0 Å². The average Bonchev–Trinajstić information content (AvgIpc) is 2.00. The van der Waals surface area contributed by atoms with Crippen LogP contribution in [0.1, 0.15) is 26.7 Å². The number of rotatable bonds is 5. The monoisotopic (exact) mass is 186 g/mol. The lowest BCUT2D eigenvalue weighted by Gasteiger charge is -2.36. The van der Waals surface area contributed by atoms with Gasteiger partial charge in [0.1, 0.15) is 0 Å². The third-order valence-electron chi connectivity index (χ3n) is 2.41. The van der Waals surface area contributed by atoms with Gasteiger partial charge in [-0.25, -0.2) is 0 Å². The lowest BCUT2D eigenvalue weighted by Crippen LogP contribution is -2.52. The molecule has 1 amide bonds. The molecule has 1 rings (SSSR count). The molecule has 0 aliphatic heterocycles. The number of amides is 1. The Bertz CT molecular complexity index is 178. The summed E-state index contributed by atoms with van der Waals surface area (Å²) in [6.45, 7) is 4.55. The van der Waals surface area contributed by atoms with Gasteiger partial charge in [0.15, 0.2) is 0 Å². The van der Waals surface area contributed by atoms with Gasteiger partial charge < -0.3 is 15.8 Å². The minimum Gasteiger partial charge on any atom is -0.378 e. The van der Waals surface area contributed by atoms with Crippen molar-refractivity contribution in [3.8, 4) is 0 Å². The van der Waals surface area contributed by atoms with Crippen LogP contribution < -0.4 is 11.1 Å². The quantitative estimate of drug-likeness (QED) is 0.636. The van der Waals surface area contributed by atoms with Crippen LogP contribution in [0.2, 0.25) is 0 Å². The molecule has 0 radical (unpaired) electrons. The van der Waals surface area contributed by atoms with Crippen molar-refractivity contribution in [1.82, 2.24) is 5.32 Å². The second-order valence-electron chi connectivity index (χ2n) is 3.54. The highest BCUT2D eigenvalue weighted by atomic mass is 16.5. The fraction of sp³-hybridized carbons (Fsp3) is 0.889. The van der Waals surface area contributed by atoms with Crippen LogP contribution in [0, 0.1) is 0 Å². The predicted molar refractivity (Wildman–Crippen MR) is 50.2 cm³/mol. The maximum atomic E-state index is 10.7. The van der Waals surface area contributed by atoms with Crippen LogP contribution in [-0.2, 0) is 9.53 Å². The standard InChI is InChI=1S/C9H18N2O2/c1-3-13-8-4-7(5-8)11-6(2)9(10)12/h6-8,11H,3-5H2,1-2H3,(H2,10,12). The molecule has 1 atom stereocenters. The average molecular weight is 186 g/mol. The third kappa shape index (κ3) is 2.97. The second kappa shape index (κ2) is 4.58. The molecule has 1 unspecified atom stereocenters. The first kappa shape index (κ1) is 10.5. The predicted octanol–water partition coefficient (Wildman–Crippen LogP) is 0.0173. The number of ether oxygens (including phenoxy) is 1. The van der Waals surface area contributed by atoms with Gasteiger partial charge in [0.05, 0.1) is 12.1 Å². The Morgan fingerprint density at radius 1 is 1.69 bits per heavy atom. The van der Waals surface area contributed by atoms with E-state index < -0.39 is 0 Å². The third-order valence-corrected chi connectivity index (χ3v) is 2.41. The molecule has 4 nitrogen and oxygen atoms in total. The second-order valence-corrected chi connectivity index (χ2v) is 3.54. The molecule has 0 aromatic carbocycles. The van der Waals surface area contributed by atoms with Crippen molar-refractivity contribution < 1.29 is 9.53 Å². The Labute approximate surface area is 78.8 Å². The summed E-state index contributed by atoms with van der Waals surface area (Å²) in [5.74, 6) is -0.292. The molecule has 13 heavy (non-hydrogen) atoms. The van der Waals surface area contributed by atoms with E-state index in [0.717, 1.165) is 19.4 Å². The number of carbonyl (C=O) groups is 1. The fourth-order valence-electron chi connectivity index (χ4n) is 1.51. The van der Waals surface area contributed by atoms with Crippen molar-refractivity contribution in [3.63, 3.8) is 0 Å². The molecule has 3 N–H and O–H groups in total. The van der Waals surface area contributed by atoms with Gasteiger partial charge in [0, 0.05) is 12.6 Å². The summed E-state index contributed by atoms with van der Waals surface area (Å²) in [6, 6.07) is 0.173. The summed E-state index contributed by atoms with van der Waals surface area (Å²) in [5, 5.41) is 3.15. The van der Waals surface area contributed by atoms with E-state index in [9.17, 15) is 4.79 Å². The molecule has 0 heterocycles. The van der Waals surface area contributed by atoms with Gasteiger partial charge in [-0.15, -0.1) is 0 Å². The Kier molecular flexibility index (Phi) is 3.69. The maximum Gasteiger partial charge on any atom is 0.234 e. The molecule has 1 aliphatic carbocycles. The first-order chi connectivity index (χ1) is 6.13. The highest BCUT2D eigenvalue weighted by Gasteiger charge is 2.30. The minimum atomic E-state index is -0.292. The van der Waals surface area contributed by atoms with E-state index in [1.165, 1.54) is 0 Å². The lowest BCUT2D eigenvalue weighted by atomic mass is 9.88. The highest BCUT2D eigenvalue weighted by molar-refractivity contribution is 5.79. The largest absolute Gasteiger partial charge is 0.378 e. The van der Waals surface area contributed by atoms with Crippen molar-refractivity contribution in [3.05, 3.63) is 0 Å². The van der Waals surface area contributed by atoms with Crippen LogP contribution >= 0.6 is 0 Å². The van der Waals surface area contributed by atoms with Crippen LogP contribution in [0.3, 0.4) is 0 Å². The fourth-order valence-corrected chi connectivity index (χ4v) is 1.51. The molecular formula is C9H18N2O2. The van der Waals surface area contributed by atoms with Crippen molar-refractivity contribution in [2.75, 3.05) is 6.61 Å².